The number of carbonyl (C=O) groups excluding carboxylic acids is 1. The fraction of sp³-hybridized carbons (Fsp3) is 0.462. The number of nitrogens with two attached hydrogens (primary N) is 1. The van der Waals surface area contributed by atoms with E-state index in [1.54, 1.807) is 21.0 Å². The minimum atomic E-state index is -0.437. The van der Waals surface area contributed by atoms with E-state index in [2.05, 4.69) is 25.4 Å². The molecular weight excluding hydrogens is 288 g/mol. The first-order valence-electron chi connectivity index (χ1n) is 6.72. The molecule has 1 amide bonds. The molecule has 118 valence electrons. The number of aromatic nitrogens is 4. The Hall–Kier alpha value is -2.55. The number of aryl methyl sites for hydroxylation is 1. The Balaban J connectivity index is 2.03. The predicted molar refractivity (Wildman–Crippen MR) is 76.9 cm³/mol. The number of methoxy groups -OCH3 is 1. The standard InChI is InChI=1S/C13H18N6O3/c1-7-9(6-15-13(14)17-7)11(20)16-8(2)12-18-10(19-22-12)4-5-21-3/h6,8H,4-5H2,1-3H3,(H,16,20)(H2,14,15,17). The van der Waals surface area contributed by atoms with Crippen LogP contribution in [0.3, 0.4) is 0 Å². The zero-order valence-corrected chi connectivity index (χ0v) is 12.7. The number of nitrogens with one attached hydrogen (secondary N) is 1. The monoisotopic (exact) mass is 306 g/mol. The van der Waals surface area contributed by atoms with Crippen LogP contribution in [-0.2, 0) is 11.2 Å². The minimum Gasteiger partial charge on any atom is -0.384 e. The highest BCUT2D eigenvalue weighted by Crippen LogP contribution is 2.12. The molecule has 1 unspecified atom stereocenters. The predicted octanol–water partition coefficient (Wildman–Crippen LogP) is 0.430. The third-order valence-electron chi connectivity index (χ3n) is 2.97. The Bertz CT molecular complexity index is 657. The number of carbonyl (C=O) groups is 1. The van der Waals surface area contributed by atoms with Gasteiger partial charge in [0.2, 0.25) is 11.8 Å². The summed E-state index contributed by atoms with van der Waals surface area (Å²) in [5.41, 5.74) is 6.32. The van der Waals surface area contributed by atoms with Crippen molar-refractivity contribution < 1.29 is 14.1 Å². The maximum atomic E-state index is 12.2. The van der Waals surface area contributed by atoms with E-state index in [0.29, 0.717) is 36.0 Å². The Morgan fingerprint density at radius 2 is 2.27 bits per heavy atom. The van der Waals surface area contributed by atoms with Gasteiger partial charge in [-0.05, 0) is 13.8 Å². The van der Waals surface area contributed by atoms with Crippen molar-refractivity contribution in [3.63, 3.8) is 0 Å². The molecule has 3 N–H and O–H groups in total. The Kier molecular flexibility index (Phi) is 4.99. The van der Waals surface area contributed by atoms with Crippen molar-refractivity contribution in [1.82, 2.24) is 25.4 Å². The highest BCUT2D eigenvalue weighted by Gasteiger charge is 2.19. The first-order valence-corrected chi connectivity index (χ1v) is 6.72. The van der Waals surface area contributed by atoms with Gasteiger partial charge in [-0.25, -0.2) is 9.97 Å². The van der Waals surface area contributed by atoms with Crippen molar-refractivity contribution in [3.05, 3.63) is 29.2 Å². The molecule has 0 radical (unpaired) electrons. The van der Waals surface area contributed by atoms with E-state index < -0.39 is 6.04 Å². The molecule has 2 aromatic heterocycles. The van der Waals surface area contributed by atoms with E-state index in [0.717, 1.165) is 0 Å². The molecule has 0 aliphatic heterocycles. The number of hydrogen-bond acceptors (Lipinski definition) is 8. The summed E-state index contributed by atoms with van der Waals surface area (Å²) < 4.78 is 10.1. The zero-order chi connectivity index (χ0) is 16.1. The second-order valence-electron chi connectivity index (χ2n) is 4.71. The summed E-state index contributed by atoms with van der Waals surface area (Å²) in [7, 11) is 1.60. The molecule has 0 spiro atoms. The van der Waals surface area contributed by atoms with Crippen LogP contribution in [-0.4, -0.2) is 39.7 Å². The van der Waals surface area contributed by atoms with E-state index >= 15 is 0 Å². The van der Waals surface area contributed by atoms with Gasteiger partial charge in [0.25, 0.3) is 5.91 Å². The highest BCUT2D eigenvalue weighted by atomic mass is 16.5. The molecule has 22 heavy (non-hydrogen) atoms. The number of nitrogen functional groups attached to an aromatic ring is 1. The van der Waals surface area contributed by atoms with E-state index in [9.17, 15) is 4.79 Å². The van der Waals surface area contributed by atoms with Gasteiger partial charge in [-0.3, -0.25) is 4.79 Å². The maximum absolute atomic E-state index is 12.2. The smallest absolute Gasteiger partial charge is 0.255 e. The average molecular weight is 306 g/mol. The largest absolute Gasteiger partial charge is 0.384 e. The Labute approximate surface area is 127 Å². The van der Waals surface area contributed by atoms with E-state index in [1.165, 1.54) is 6.20 Å². The quantitative estimate of drug-likeness (QED) is 0.786. The third-order valence-corrected chi connectivity index (χ3v) is 2.97. The molecular formula is C13H18N6O3. The zero-order valence-electron chi connectivity index (χ0n) is 12.7. The van der Waals surface area contributed by atoms with Crippen molar-refractivity contribution in [3.8, 4) is 0 Å². The number of hydrogen-bond donors (Lipinski definition) is 2. The van der Waals surface area contributed by atoms with Crippen LogP contribution in [0.2, 0.25) is 0 Å². The van der Waals surface area contributed by atoms with Crippen LogP contribution in [0.5, 0.6) is 0 Å². The molecule has 0 aliphatic carbocycles. The lowest BCUT2D eigenvalue weighted by Gasteiger charge is -2.10. The number of rotatable bonds is 6. The second-order valence-corrected chi connectivity index (χ2v) is 4.71. The fourth-order valence-electron chi connectivity index (χ4n) is 1.78. The molecule has 0 saturated heterocycles. The Morgan fingerprint density at radius 3 is 2.95 bits per heavy atom. The van der Waals surface area contributed by atoms with Gasteiger partial charge < -0.3 is 20.3 Å². The van der Waals surface area contributed by atoms with Gasteiger partial charge in [0.1, 0.15) is 6.04 Å². The van der Waals surface area contributed by atoms with Crippen LogP contribution in [0, 0.1) is 6.92 Å². The molecule has 0 fully saturated rings. The number of nitrogens with zero attached hydrogens (tertiary/aromatic N) is 4. The van der Waals surface area contributed by atoms with Gasteiger partial charge in [0, 0.05) is 19.7 Å². The van der Waals surface area contributed by atoms with Gasteiger partial charge in [-0.2, -0.15) is 4.98 Å². The number of ether oxygens (including phenoxy) is 1. The van der Waals surface area contributed by atoms with Gasteiger partial charge in [0.15, 0.2) is 5.82 Å². The first-order chi connectivity index (χ1) is 10.5. The lowest BCUT2D eigenvalue weighted by molar-refractivity contribution is 0.0931. The lowest BCUT2D eigenvalue weighted by atomic mass is 10.2. The molecule has 0 bridgehead atoms. The normalized spacial score (nSPS) is 12.1. The van der Waals surface area contributed by atoms with Crippen molar-refractivity contribution in [2.24, 2.45) is 0 Å². The summed E-state index contributed by atoms with van der Waals surface area (Å²) in [6.07, 6.45) is 1.93. The molecule has 0 saturated carbocycles. The van der Waals surface area contributed by atoms with Crippen molar-refractivity contribution in [1.29, 1.82) is 0 Å². The summed E-state index contributed by atoms with van der Waals surface area (Å²) in [6.45, 7) is 3.94. The molecule has 2 rings (SSSR count). The number of anilines is 1. The number of amides is 1. The van der Waals surface area contributed by atoms with E-state index in [-0.39, 0.29) is 11.9 Å². The van der Waals surface area contributed by atoms with Crippen molar-refractivity contribution in [2.45, 2.75) is 26.3 Å². The molecule has 2 aromatic rings. The summed E-state index contributed by atoms with van der Waals surface area (Å²) in [6, 6.07) is -0.437. The molecule has 2 heterocycles. The topological polar surface area (TPSA) is 129 Å². The van der Waals surface area contributed by atoms with Crippen LogP contribution in [0.25, 0.3) is 0 Å². The minimum absolute atomic E-state index is 0.127. The molecule has 1 atom stereocenters. The fourth-order valence-corrected chi connectivity index (χ4v) is 1.78. The molecule has 0 aliphatic rings. The SMILES string of the molecule is COCCc1noc(C(C)NC(=O)c2cnc(N)nc2C)n1. The lowest BCUT2D eigenvalue weighted by Crippen LogP contribution is -2.28. The Morgan fingerprint density at radius 1 is 1.50 bits per heavy atom. The van der Waals surface area contributed by atoms with Crippen molar-refractivity contribution in [2.75, 3.05) is 19.5 Å². The van der Waals surface area contributed by atoms with Crippen LogP contribution in [0.4, 0.5) is 5.95 Å². The summed E-state index contributed by atoms with van der Waals surface area (Å²) >= 11 is 0. The molecule has 9 heteroatoms. The summed E-state index contributed by atoms with van der Waals surface area (Å²) in [5, 5.41) is 6.58. The van der Waals surface area contributed by atoms with Gasteiger partial charge >= 0.3 is 0 Å². The molecule has 9 nitrogen and oxygen atoms in total. The molecule has 0 aromatic carbocycles. The average Bonchev–Trinajstić information content (AvgIpc) is 2.93. The third kappa shape index (κ3) is 3.76. The summed E-state index contributed by atoms with van der Waals surface area (Å²) in [4.78, 5) is 24.2. The van der Waals surface area contributed by atoms with Gasteiger partial charge in [-0.1, -0.05) is 5.16 Å². The second kappa shape index (κ2) is 6.94. The highest BCUT2D eigenvalue weighted by molar-refractivity contribution is 5.95. The summed E-state index contributed by atoms with van der Waals surface area (Å²) in [5.74, 6) is 0.654. The van der Waals surface area contributed by atoms with Crippen LogP contribution in [0.15, 0.2) is 10.7 Å². The van der Waals surface area contributed by atoms with E-state index in [4.69, 9.17) is 15.0 Å². The van der Waals surface area contributed by atoms with Gasteiger partial charge in [0.05, 0.1) is 17.9 Å². The first kappa shape index (κ1) is 15.8. The maximum Gasteiger partial charge on any atom is 0.255 e. The van der Waals surface area contributed by atoms with Crippen molar-refractivity contribution >= 4 is 11.9 Å². The van der Waals surface area contributed by atoms with Gasteiger partial charge in [-0.15, -0.1) is 0 Å². The van der Waals surface area contributed by atoms with Crippen LogP contribution < -0.4 is 11.1 Å². The van der Waals surface area contributed by atoms with Crippen LogP contribution in [0.1, 0.15) is 40.7 Å². The van der Waals surface area contributed by atoms with Crippen LogP contribution >= 0.6 is 0 Å². The van der Waals surface area contributed by atoms with E-state index in [1.807, 2.05) is 0 Å².